The van der Waals surface area contributed by atoms with E-state index >= 15 is 0 Å². The zero-order valence-corrected chi connectivity index (χ0v) is 12.0. The minimum atomic E-state index is -0.0175. The van der Waals surface area contributed by atoms with Crippen molar-refractivity contribution in [3.63, 3.8) is 0 Å². The molecule has 0 aliphatic rings. The summed E-state index contributed by atoms with van der Waals surface area (Å²) in [5.74, 6) is -0.0175. The van der Waals surface area contributed by atoms with E-state index in [0.29, 0.717) is 18.7 Å². The van der Waals surface area contributed by atoms with Crippen molar-refractivity contribution < 1.29 is 4.79 Å². The SMILES string of the molecule is CCCN(CC)CCNC(=O)c1ccc(CN)cc1. The molecule has 0 saturated carbocycles. The molecule has 0 aromatic heterocycles. The molecule has 1 amide bonds. The smallest absolute Gasteiger partial charge is 0.251 e. The van der Waals surface area contributed by atoms with Crippen LogP contribution in [0.1, 0.15) is 36.2 Å². The van der Waals surface area contributed by atoms with Gasteiger partial charge in [0.25, 0.3) is 5.91 Å². The van der Waals surface area contributed by atoms with Crippen LogP contribution in [0.25, 0.3) is 0 Å². The molecule has 1 aromatic carbocycles. The van der Waals surface area contributed by atoms with Gasteiger partial charge in [-0.1, -0.05) is 26.0 Å². The standard InChI is InChI=1S/C15H25N3O/c1-3-10-18(4-2)11-9-17-15(19)14-7-5-13(12-16)6-8-14/h5-8H,3-4,9-12,16H2,1-2H3,(H,17,19). The highest BCUT2D eigenvalue weighted by atomic mass is 16.1. The van der Waals surface area contributed by atoms with Gasteiger partial charge in [0.15, 0.2) is 0 Å². The molecule has 1 rings (SSSR count). The van der Waals surface area contributed by atoms with E-state index in [1.165, 1.54) is 0 Å². The summed E-state index contributed by atoms with van der Waals surface area (Å²) in [7, 11) is 0. The number of amides is 1. The molecular formula is C15H25N3O. The Hall–Kier alpha value is -1.39. The largest absolute Gasteiger partial charge is 0.351 e. The predicted octanol–water partition coefficient (Wildman–Crippen LogP) is 1.61. The Bertz CT molecular complexity index is 375. The average molecular weight is 263 g/mol. The lowest BCUT2D eigenvalue weighted by Crippen LogP contribution is -2.35. The minimum Gasteiger partial charge on any atom is -0.351 e. The third-order valence-electron chi connectivity index (χ3n) is 3.15. The van der Waals surface area contributed by atoms with Crippen LogP contribution >= 0.6 is 0 Å². The van der Waals surface area contributed by atoms with Gasteiger partial charge < -0.3 is 16.0 Å². The summed E-state index contributed by atoms with van der Waals surface area (Å²) in [5, 5.41) is 2.95. The van der Waals surface area contributed by atoms with Gasteiger partial charge in [-0.25, -0.2) is 0 Å². The van der Waals surface area contributed by atoms with Crippen molar-refractivity contribution >= 4 is 5.91 Å². The van der Waals surface area contributed by atoms with Crippen molar-refractivity contribution in [2.75, 3.05) is 26.2 Å². The number of carbonyl (C=O) groups is 1. The number of hydrogen-bond acceptors (Lipinski definition) is 3. The third-order valence-corrected chi connectivity index (χ3v) is 3.15. The Labute approximate surface area is 116 Å². The van der Waals surface area contributed by atoms with Gasteiger partial charge in [0.05, 0.1) is 0 Å². The lowest BCUT2D eigenvalue weighted by molar-refractivity contribution is 0.0948. The number of rotatable bonds is 8. The molecule has 0 aliphatic heterocycles. The van der Waals surface area contributed by atoms with Crippen LogP contribution in [-0.2, 0) is 6.54 Å². The molecule has 19 heavy (non-hydrogen) atoms. The van der Waals surface area contributed by atoms with E-state index in [1.807, 2.05) is 24.3 Å². The molecule has 4 heteroatoms. The molecule has 4 nitrogen and oxygen atoms in total. The number of likely N-dealkylation sites (N-methyl/N-ethyl adjacent to an activating group) is 1. The summed E-state index contributed by atoms with van der Waals surface area (Å²) in [4.78, 5) is 14.2. The topological polar surface area (TPSA) is 58.4 Å². The Morgan fingerprint density at radius 3 is 2.42 bits per heavy atom. The van der Waals surface area contributed by atoms with Crippen LogP contribution in [0.3, 0.4) is 0 Å². The molecule has 0 atom stereocenters. The van der Waals surface area contributed by atoms with Gasteiger partial charge in [0, 0.05) is 25.2 Å². The highest BCUT2D eigenvalue weighted by Gasteiger charge is 2.06. The Morgan fingerprint density at radius 2 is 1.89 bits per heavy atom. The van der Waals surface area contributed by atoms with Crippen LogP contribution < -0.4 is 11.1 Å². The number of nitrogens with one attached hydrogen (secondary N) is 1. The van der Waals surface area contributed by atoms with Gasteiger partial charge in [-0.15, -0.1) is 0 Å². The van der Waals surface area contributed by atoms with Gasteiger partial charge in [-0.3, -0.25) is 4.79 Å². The molecule has 0 fully saturated rings. The molecule has 0 spiro atoms. The van der Waals surface area contributed by atoms with E-state index in [2.05, 4.69) is 24.1 Å². The van der Waals surface area contributed by atoms with Gasteiger partial charge in [0.1, 0.15) is 0 Å². The molecule has 0 bridgehead atoms. The first-order valence-corrected chi connectivity index (χ1v) is 7.00. The van der Waals surface area contributed by atoms with E-state index in [-0.39, 0.29) is 5.91 Å². The first-order chi connectivity index (χ1) is 9.21. The lowest BCUT2D eigenvalue weighted by atomic mass is 10.1. The van der Waals surface area contributed by atoms with Gasteiger partial charge in [-0.2, -0.15) is 0 Å². The fourth-order valence-electron chi connectivity index (χ4n) is 1.97. The summed E-state index contributed by atoms with van der Waals surface area (Å²) in [5.41, 5.74) is 7.26. The van der Waals surface area contributed by atoms with Crippen LogP contribution in [0.2, 0.25) is 0 Å². The molecular weight excluding hydrogens is 238 g/mol. The molecule has 0 radical (unpaired) electrons. The van der Waals surface area contributed by atoms with Crippen LogP contribution in [0, 0.1) is 0 Å². The number of carbonyl (C=O) groups excluding carboxylic acids is 1. The van der Waals surface area contributed by atoms with Crippen molar-refractivity contribution in [2.24, 2.45) is 5.73 Å². The predicted molar refractivity (Wildman–Crippen MR) is 79.1 cm³/mol. The van der Waals surface area contributed by atoms with Crippen LogP contribution in [-0.4, -0.2) is 37.0 Å². The second-order valence-corrected chi connectivity index (χ2v) is 4.59. The number of nitrogens with two attached hydrogens (primary N) is 1. The zero-order valence-electron chi connectivity index (χ0n) is 12.0. The van der Waals surface area contributed by atoms with Crippen molar-refractivity contribution in [1.82, 2.24) is 10.2 Å². The normalized spacial score (nSPS) is 10.7. The van der Waals surface area contributed by atoms with Gasteiger partial charge in [0.2, 0.25) is 0 Å². The highest BCUT2D eigenvalue weighted by molar-refractivity contribution is 5.94. The highest BCUT2D eigenvalue weighted by Crippen LogP contribution is 2.03. The fourth-order valence-corrected chi connectivity index (χ4v) is 1.97. The Morgan fingerprint density at radius 1 is 1.21 bits per heavy atom. The number of benzene rings is 1. The van der Waals surface area contributed by atoms with E-state index in [1.54, 1.807) is 0 Å². The van der Waals surface area contributed by atoms with Crippen LogP contribution in [0.15, 0.2) is 24.3 Å². The van der Waals surface area contributed by atoms with E-state index in [4.69, 9.17) is 5.73 Å². The van der Waals surface area contributed by atoms with E-state index in [9.17, 15) is 4.79 Å². The maximum Gasteiger partial charge on any atom is 0.251 e. The molecule has 0 heterocycles. The first-order valence-electron chi connectivity index (χ1n) is 7.00. The summed E-state index contributed by atoms with van der Waals surface area (Å²) in [6, 6.07) is 7.43. The summed E-state index contributed by atoms with van der Waals surface area (Å²) >= 11 is 0. The lowest BCUT2D eigenvalue weighted by Gasteiger charge is -2.19. The van der Waals surface area contributed by atoms with Crippen molar-refractivity contribution in [1.29, 1.82) is 0 Å². The molecule has 3 N–H and O–H groups in total. The summed E-state index contributed by atoms with van der Waals surface area (Å²) < 4.78 is 0. The average Bonchev–Trinajstić information content (AvgIpc) is 2.46. The molecule has 106 valence electrons. The van der Waals surface area contributed by atoms with Crippen LogP contribution in [0.5, 0.6) is 0 Å². The zero-order chi connectivity index (χ0) is 14.1. The molecule has 0 saturated heterocycles. The fraction of sp³-hybridized carbons (Fsp3) is 0.533. The number of nitrogens with zero attached hydrogens (tertiary/aromatic N) is 1. The van der Waals surface area contributed by atoms with Crippen molar-refractivity contribution in [3.8, 4) is 0 Å². The second-order valence-electron chi connectivity index (χ2n) is 4.59. The summed E-state index contributed by atoms with van der Waals surface area (Å²) in [6.45, 7) is 8.50. The monoisotopic (exact) mass is 263 g/mol. The maximum absolute atomic E-state index is 11.9. The number of hydrogen-bond donors (Lipinski definition) is 2. The van der Waals surface area contributed by atoms with E-state index < -0.39 is 0 Å². The molecule has 0 aliphatic carbocycles. The third kappa shape index (κ3) is 5.41. The molecule has 1 aromatic rings. The van der Waals surface area contributed by atoms with Crippen LogP contribution in [0.4, 0.5) is 0 Å². The molecule has 0 unspecified atom stereocenters. The minimum absolute atomic E-state index is 0.0175. The second kappa shape index (κ2) is 8.67. The quantitative estimate of drug-likeness (QED) is 0.749. The first kappa shape index (κ1) is 15.7. The van der Waals surface area contributed by atoms with Crippen molar-refractivity contribution in [2.45, 2.75) is 26.8 Å². The Balaban J connectivity index is 2.37. The summed E-state index contributed by atoms with van der Waals surface area (Å²) in [6.07, 6.45) is 1.14. The van der Waals surface area contributed by atoms with Gasteiger partial charge in [-0.05, 0) is 37.2 Å². The van der Waals surface area contributed by atoms with Gasteiger partial charge >= 0.3 is 0 Å². The van der Waals surface area contributed by atoms with Crippen molar-refractivity contribution in [3.05, 3.63) is 35.4 Å². The maximum atomic E-state index is 11.9. The Kier molecular flexibility index (Phi) is 7.15. The van der Waals surface area contributed by atoms with E-state index in [0.717, 1.165) is 31.6 Å².